The molecule has 33 valence electrons. The summed E-state index contributed by atoms with van der Waals surface area (Å²) in [6, 6.07) is 0. The summed E-state index contributed by atoms with van der Waals surface area (Å²) < 4.78 is 34.0. The molecule has 0 saturated carbocycles. The van der Waals surface area contributed by atoms with Crippen LogP contribution in [0.5, 0.6) is 0 Å². The Kier molecular flexibility index (Phi) is 5.26. The fourth-order valence-corrected chi connectivity index (χ4v) is 0. The minimum Gasteiger partial charge on any atom is -0.222 e. The van der Waals surface area contributed by atoms with E-state index in [2.05, 4.69) is 0 Å². The maximum absolute atomic E-state index is 8.49. The van der Waals surface area contributed by atoms with Crippen LogP contribution in [0.3, 0.4) is 0 Å². The van der Waals surface area contributed by atoms with Crippen molar-refractivity contribution in [2.75, 3.05) is 0 Å². The Hall–Kier alpha value is 1.07. The molecule has 0 aromatic rings. The Morgan fingerprint density at radius 3 is 0.833 bits per heavy atom. The van der Waals surface area contributed by atoms with Gasteiger partial charge in [0, 0.05) is 0 Å². The first kappa shape index (κ1) is 10.1. The van der Waals surface area contributed by atoms with E-state index in [0.717, 1.165) is 0 Å². The second kappa shape index (κ2) is 3.12. The van der Waals surface area contributed by atoms with Crippen molar-refractivity contribution >= 4 is 0 Å². The van der Waals surface area contributed by atoms with Crippen molar-refractivity contribution in [3.8, 4) is 0 Å². The van der Waals surface area contributed by atoms with Crippen molar-refractivity contribution in [3.05, 3.63) is 0 Å². The third kappa shape index (κ3) is 73.8. The van der Waals surface area contributed by atoms with Crippen LogP contribution in [0.1, 0.15) is 0 Å². The zero-order valence-corrected chi connectivity index (χ0v) is 8.97. The Morgan fingerprint density at radius 1 is 0.833 bits per heavy atom. The summed E-state index contributed by atoms with van der Waals surface area (Å²) in [5.41, 5.74) is 0. The van der Waals surface area contributed by atoms with Gasteiger partial charge in [-0.15, -0.1) is 10.2 Å². The fourth-order valence-electron chi connectivity index (χ4n) is 0. The van der Waals surface area contributed by atoms with Crippen LogP contribution in [0.15, 0.2) is 0 Å². The summed E-state index contributed by atoms with van der Waals surface area (Å²) in [7, 11) is -4.94. The summed E-state index contributed by atoms with van der Waals surface area (Å²) in [6.45, 7) is 0. The van der Waals surface area contributed by atoms with Gasteiger partial charge in [-0.05, 0) is 0 Å². The maximum Gasteiger partial charge on any atom is 1.00 e. The van der Waals surface area contributed by atoms with E-state index in [-0.39, 0.29) is 27.7 Å². The Bertz CT molecular complexity index is 23.0. The van der Waals surface area contributed by atoms with Gasteiger partial charge >= 0.3 is 27.7 Å². The fraction of sp³-hybridized carbons (Fsp3) is 0. The molecule has 0 aromatic carbocycles. The summed E-state index contributed by atoms with van der Waals surface area (Å²) in [5, 5.41) is 0. The molecule has 4 nitrogen and oxygen atoms in total. The van der Waals surface area contributed by atoms with Crippen LogP contribution in [0.2, 0.25) is 0 Å². The van der Waals surface area contributed by atoms with E-state index in [4.69, 9.17) is 18.6 Å². The van der Waals surface area contributed by atoms with Crippen molar-refractivity contribution in [2.45, 2.75) is 0 Å². The zero-order valence-electron chi connectivity index (χ0n) is 2.72. The van der Waals surface area contributed by atoms with Gasteiger partial charge in [0.05, 0.1) is 0 Å². The standard InChI is InChI=1S/ClHO4.Hg/c2-1(3,4)5;/h(H,2,3,4,5);/q;+1/p-1. The van der Waals surface area contributed by atoms with Crippen molar-refractivity contribution in [1.29, 1.82) is 0 Å². The quantitative estimate of drug-likeness (QED) is 0.420. The second-order valence-electron chi connectivity index (χ2n) is 0.378. The molecular formula is ClHgO4. The predicted molar refractivity (Wildman–Crippen MR) is 0 cm³/mol. The van der Waals surface area contributed by atoms with E-state index in [0.29, 0.717) is 0 Å². The van der Waals surface area contributed by atoms with Gasteiger partial charge in [0.1, 0.15) is 0 Å². The first-order valence-corrected chi connectivity index (χ1v) is 1.85. The molecule has 0 spiro atoms. The Labute approximate surface area is 56.6 Å². The van der Waals surface area contributed by atoms with Gasteiger partial charge < -0.3 is 0 Å². The van der Waals surface area contributed by atoms with Crippen LogP contribution in [0.4, 0.5) is 0 Å². The van der Waals surface area contributed by atoms with E-state index < -0.39 is 10.2 Å². The molecule has 6 heteroatoms. The van der Waals surface area contributed by atoms with E-state index in [1.165, 1.54) is 0 Å². The van der Waals surface area contributed by atoms with Gasteiger partial charge in [-0.1, -0.05) is 0 Å². The van der Waals surface area contributed by atoms with Crippen molar-refractivity contribution < 1.29 is 56.5 Å². The van der Waals surface area contributed by atoms with E-state index in [9.17, 15) is 0 Å². The first-order chi connectivity index (χ1) is 2.00. The van der Waals surface area contributed by atoms with Crippen molar-refractivity contribution in [3.63, 3.8) is 0 Å². The smallest absolute Gasteiger partial charge is 0.222 e. The van der Waals surface area contributed by atoms with Crippen LogP contribution in [0.25, 0.3) is 0 Å². The van der Waals surface area contributed by atoms with Crippen molar-refractivity contribution in [2.24, 2.45) is 0 Å². The Balaban J connectivity index is 0. The minimum atomic E-state index is -4.94. The molecule has 0 aliphatic carbocycles. The van der Waals surface area contributed by atoms with Crippen LogP contribution >= 0.6 is 0 Å². The average Bonchev–Trinajstić information content (AvgIpc) is 0.722. The van der Waals surface area contributed by atoms with E-state index in [1.54, 1.807) is 0 Å². The van der Waals surface area contributed by atoms with Gasteiger partial charge in [0.2, 0.25) is 0 Å². The third-order valence-corrected chi connectivity index (χ3v) is 0. The Morgan fingerprint density at radius 2 is 0.833 bits per heavy atom. The molecule has 0 aliphatic rings. The zero-order chi connectivity index (χ0) is 4.50. The number of halogens is 1. The molecule has 0 aromatic heterocycles. The molecule has 1 radical (unpaired) electrons. The topological polar surface area (TPSA) is 92.2 Å². The molecule has 0 amide bonds. The molecule has 0 atom stereocenters. The summed E-state index contributed by atoms with van der Waals surface area (Å²) in [4.78, 5) is 0. The van der Waals surface area contributed by atoms with Gasteiger partial charge in [-0.2, -0.15) is 0 Å². The maximum atomic E-state index is 8.49. The summed E-state index contributed by atoms with van der Waals surface area (Å²) in [5.74, 6) is 0. The van der Waals surface area contributed by atoms with Crippen LogP contribution < -0.4 is 18.6 Å². The largest absolute Gasteiger partial charge is 1.00 e. The molecule has 0 bridgehead atoms. The molecule has 0 rings (SSSR count). The van der Waals surface area contributed by atoms with Crippen molar-refractivity contribution in [1.82, 2.24) is 0 Å². The van der Waals surface area contributed by atoms with Gasteiger partial charge in [-0.25, -0.2) is 18.6 Å². The van der Waals surface area contributed by atoms with Gasteiger partial charge in [0.15, 0.2) is 0 Å². The molecule has 0 saturated heterocycles. The second-order valence-corrected chi connectivity index (χ2v) is 1.13. The first-order valence-electron chi connectivity index (χ1n) is 0.617. The number of rotatable bonds is 0. The molecule has 0 N–H and O–H groups in total. The molecule has 0 unspecified atom stereocenters. The average molecular weight is 300 g/mol. The monoisotopic (exact) mass is 301 g/mol. The third-order valence-electron chi connectivity index (χ3n) is 0. The normalized spacial score (nSPS) is 10.0. The molecule has 0 heterocycles. The van der Waals surface area contributed by atoms with Gasteiger partial charge in [0.25, 0.3) is 0 Å². The predicted octanol–water partition coefficient (Wildman–Crippen LogP) is -4.76. The van der Waals surface area contributed by atoms with E-state index in [1.807, 2.05) is 0 Å². The molecule has 6 heavy (non-hydrogen) atoms. The SMILES string of the molecule is [Hg+].[O-][Cl+3]([O-])([O-])[O-]. The molecule has 0 aliphatic heterocycles. The summed E-state index contributed by atoms with van der Waals surface area (Å²) in [6.07, 6.45) is 0. The molecular weight excluding hydrogens is 300 g/mol. The molecule has 0 fully saturated rings. The summed E-state index contributed by atoms with van der Waals surface area (Å²) >= 11 is 0. The van der Waals surface area contributed by atoms with E-state index >= 15 is 0 Å². The van der Waals surface area contributed by atoms with Gasteiger partial charge in [-0.3, -0.25) is 0 Å². The number of hydrogen-bond donors (Lipinski definition) is 0. The number of hydrogen-bond acceptors (Lipinski definition) is 4. The van der Waals surface area contributed by atoms with Crippen LogP contribution in [-0.4, -0.2) is 0 Å². The minimum absolute atomic E-state index is 0. The van der Waals surface area contributed by atoms with Crippen LogP contribution in [-0.2, 0) is 27.7 Å². The van der Waals surface area contributed by atoms with Crippen LogP contribution in [0, 0.1) is 10.2 Å².